The van der Waals surface area contributed by atoms with E-state index in [9.17, 15) is 4.79 Å². The zero-order chi connectivity index (χ0) is 19.1. The highest BCUT2D eigenvalue weighted by molar-refractivity contribution is 6.09. The van der Waals surface area contributed by atoms with Gasteiger partial charge in [0.15, 0.2) is 5.78 Å². The lowest BCUT2D eigenvalue weighted by atomic mass is 9.82. The van der Waals surface area contributed by atoms with Crippen molar-refractivity contribution in [2.45, 2.75) is 53.4 Å². The highest BCUT2D eigenvalue weighted by atomic mass is 16.1. The lowest BCUT2D eigenvalue weighted by molar-refractivity contribution is 0.0994. The van der Waals surface area contributed by atoms with Crippen LogP contribution in [0.3, 0.4) is 0 Å². The van der Waals surface area contributed by atoms with Crippen LogP contribution in [0, 0.1) is 20.8 Å². The first kappa shape index (κ1) is 18.4. The molecule has 0 amide bonds. The minimum Gasteiger partial charge on any atom is -0.294 e. The molecule has 134 valence electrons. The molecular weight excluding hydrogens is 316 g/mol. The Morgan fingerprint density at radius 3 is 2.00 bits per heavy atom. The van der Waals surface area contributed by atoms with Crippen LogP contribution in [0.2, 0.25) is 0 Å². The molecule has 1 heteroatoms. The molecular formula is C25H28O. The molecule has 0 radical (unpaired) electrons. The minimum atomic E-state index is 0.0469. The average molecular weight is 344 g/mol. The highest BCUT2D eigenvalue weighted by Gasteiger charge is 2.20. The summed E-state index contributed by atoms with van der Waals surface area (Å²) in [5.74, 6) is 0.191. The zero-order valence-corrected chi connectivity index (χ0v) is 16.7. The Hall–Kier alpha value is -2.41. The summed E-state index contributed by atoms with van der Waals surface area (Å²) in [4.78, 5) is 13.2. The summed E-state index contributed by atoms with van der Waals surface area (Å²) in [5.41, 5.74) is 6.96. The van der Waals surface area contributed by atoms with Gasteiger partial charge in [-0.2, -0.15) is 0 Å². The molecule has 0 spiro atoms. The maximum absolute atomic E-state index is 13.2. The Kier molecular flexibility index (Phi) is 4.75. The molecule has 3 aromatic carbocycles. The smallest absolute Gasteiger partial charge is 0.167 e. The van der Waals surface area contributed by atoms with E-state index in [1.807, 2.05) is 12.1 Å². The monoisotopic (exact) mass is 344 g/mol. The standard InChI is InChI=1S/C25H28O/c1-16-13-17(2)22(18(3)14-16)15-24(26)21-11-12-23(25(4,5)6)20-10-8-7-9-19(20)21/h7-14H,15H2,1-6H3. The van der Waals surface area contributed by atoms with Crippen molar-refractivity contribution in [1.82, 2.24) is 0 Å². The summed E-state index contributed by atoms with van der Waals surface area (Å²) < 4.78 is 0. The number of hydrogen-bond donors (Lipinski definition) is 0. The molecule has 0 heterocycles. The Morgan fingerprint density at radius 1 is 0.846 bits per heavy atom. The number of rotatable bonds is 3. The van der Waals surface area contributed by atoms with Crippen molar-refractivity contribution in [3.05, 3.63) is 81.9 Å². The molecule has 1 nitrogen and oxygen atoms in total. The maximum Gasteiger partial charge on any atom is 0.167 e. The van der Waals surface area contributed by atoms with Gasteiger partial charge in [-0.3, -0.25) is 4.79 Å². The number of hydrogen-bond acceptors (Lipinski definition) is 1. The van der Waals surface area contributed by atoms with Crippen LogP contribution < -0.4 is 0 Å². The van der Waals surface area contributed by atoms with Crippen LogP contribution in [0.25, 0.3) is 10.8 Å². The second kappa shape index (κ2) is 6.72. The average Bonchev–Trinajstić information content (AvgIpc) is 2.56. The van der Waals surface area contributed by atoms with Crippen molar-refractivity contribution >= 4 is 16.6 Å². The van der Waals surface area contributed by atoms with E-state index in [1.54, 1.807) is 0 Å². The molecule has 26 heavy (non-hydrogen) atoms. The van der Waals surface area contributed by atoms with Crippen LogP contribution in [0.15, 0.2) is 48.5 Å². The van der Waals surface area contributed by atoms with Crippen molar-refractivity contribution in [2.75, 3.05) is 0 Å². The van der Waals surface area contributed by atoms with Gasteiger partial charge in [0.05, 0.1) is 0 Å². The van der Waals surface area contributed by atoms with Gasteiger partial charge >= 0.3 is 0 Å². The molecule has 3 rings (SSSR count). The van der Waals surface area contributed by atoms with E-state index >= 15 is 0 Å². The minimum absolute atomic E-state index is 0.0469. The maximum atomic E-state index is 13.2. The van der Waals surface area contributed by atoms with Gasteiger partial charge in [0, 0.05) is 12.0 Å². The molecule has 0 saturated carbocycles. The van der Waals surface area contributed by atoms with E-state index in [-0.39, 0.29) is 11.2 Å². The normalized spacial score (nSPS) is 11.8. The van der Waals surface area contributed by atoms with Gasteiger partial charge in [-0.05, 0) is 59.2 Å². The van der Waals surface area contributed by atoms with Crippen molar-refractivity contribution in [2.24, 2.45) is 0 Å². The molecule has 0 bridgehead atoms. The Morgan fingerprint density at radius 2 is 1.42 bits per heavy atom. The van der Waals surface area contributed by atoms with Gasteiger partial charge in [0.25, 0.3) is 0 Å². The molecule has 0 N–H and O–H groups in total. The number of fused-ring (bicyclic) bond motifs is 1. The molecule has 0 aromatic heterocycles. The summed E-state index contributed by atoms with van der Waals surface area (Å²) >= 11 is 0. The van der Waals surface area contributed by atoms with E-state index in [1.165, 1.54) is 27.6 Å². The predicted octanol–water partition coefficient (Wildman–Crippen LogP) is 6.49. The molecule has 0 atom stereocenters. The highest BCUT2D eigenvalue weighted by Crippen LogP contribution is 2.32. The van der Waals surface area contributed by atoms with Crippen LogP contribution in [-0.4, -0.2) is 5.78 Å². The second-order valence-corrected chi connectivity index (χ2v) is 8.43. The van der Waals surface area contributed by atoms with Crippen molar-refractivity contribution in [3.63, 3.8) is 0 Å². The van der Waals surface area contributed by atoms with Crippen LogP contribution in [-0.2, 0) is 11.8 Å². The van der Waals surface area contributed by atoms with Gasteiger partial charge in [0.2, 0.25) is 0 Å². The molecule has 0 aliphatic rings. The van der Waals surface area contributed by atoms with E-state index < -0.39 is 0 Å². The van der Waals surface area contributed by atoms with E-state index in [2.05, 4.69) is 77.9 Å². The van der Waals surface area contributed by atoms with E-state index in [4.69, 9.17) is 0 Å². The third-order valence-corrected chi connectivity index (χ3v) is 5.21. The van der Waals surface area contributed by atoms with Gasteiger partial charge in [0.1, 0.15) is 0 Å². The number of ketones is 1. The number of aryl methyl sites for hydroxylation is 3. The topological polar surface area (TPSA) is 17.1 Å². The largest absolute Gasteiger partial charge is 0.294 e. The lowest BCUT2D eigenvalue weighted by Gasteiger charge is -2.22. The number of carbonyl (C=O) groups is 1. The molecule has 3 aromatic rings. The van der Waals surface area contributed by atoms with Crippen molar-refractivity contribution in [3.8, 4) is 0 Å². The molecule has 0 aliphatic carbocycles. The van der Waals surface area contributed by atoms with Gasteiger partial charge < -0.3 is 0 Å². The van der Waals surface area contributed by atoms with Crippen molar-refractivity contribution < 1.29 is 4.79 Å². The third kappa shape index (κ3) is 3.44. The first-order chi connectivity index (χ1) is 12.2. The number of carbonyl (C=O) groups excluding carboxylic acids is 1. The van der Waals surface area contributed by atoms with Crippen LogP contribution in [0.5, 0.6) is 0 Å². The number of Topliss-reactive ketones (excluding diaryl/α,β-unsaturated/α-hetero) is 1. The fraction of sp³-hybridized carbons (Fsp3) is 0.320. The third-order valence-electron chi connectivity index (χ3n) is 5.21. The molecule has 0 aliphatic heterocycles. The zero-order valence-electron chi connectivity index (χ0n) is 16.7. The van der Waals surface area contributed by atoms with Gasteiger partial charge in [-0.15, -0.1) is 0 Å². The predicted molar refractivity (Wildman–Crippen MR) is 111 cm³/mol. The fourth-order valence-corrected chi connectivity index (χ4v) is 3.94. The fourth-order valence-electron chi connectivity index (χ4n) is 3.94. The van der Waals surface area contributed by atoms with Gasteiger partial charge in [-0.25, -0.2) is 0 Å². The molecule has 0 saturated heterocycles. The van der Waals surface area contributed by atoms with E-state index in [0.29, 0.717) is 6.42 Å². The van der Waals surface area contributed by atoms with Crippen LogP contribution in [0.4, 0.5) is 0 Å². The summed E-state index contributed by atoms with van der Waals surface area (Å²) in [6.45, 7) is 13.0. The van der Waals surface area contributed by atoms with E-state index in [0.717, 1.165) is 16.5 Å². The summed E-state index contributed by atoms with van der Waals surface area (Å²) in [5, 5.41) is 2.25. The Bertz CT molecular complexity index is 964. The second-order valence-electron chi connectivity index (χ2n) is 8.43. The first-order valence-corrected chi connectivity index (χ1v) is 9.30. The molecule has 0 fully saturated rings. The Balaban J connectivity index is 2.08. The molecule has 0 unspecified atom stereocenters. The van der Waals surface area contributed by atoms with Crippen LogP contribution in [0.1, 0.15) is 58.9 Å². The summed E-state index contributed by atoms with van der Waals surface area (Å²) in [6.07, 6.45) is 0.455. The lowest BCUT2D eigenvalue weighted by Crippen LogP contribution is -2.13. The summed E-state index contributed by atoms with van der Waals surface area (Å²) in [7, 11) is 0. The Labute approximate surface area is 157 Å². The number of benzene rings is 3. The van der Waals surface area contributed by atoms with Gasteiger partial charge in [-0.1, -0.05) is 74.9 Å². The quantitative estimate of drug-likeness (QED) is 0.496. The SMILES string of the molecule is Cc1cc(C)c(CC(=O)c2ccc(C(C)(C)C)c3ccccc23)c(C)c1. The van der Waals surface area contributed by atoms with Crippen molar-refractivity contribution in [1.29, 1.82) is 0 Å². The van der Waals surface area contributed by atoms with Crippen LogP contribution >= 0.6 is 0 Å². The summed E-state index contributed by atoms with van der Waals surface area (Å²) in [6, 6.07) is 16.8. The first-order valence-electron chi connectivity index (χ1n) is 9.30.